The van der Waals surface area contributed by atoms with Crippen molar-refractivity contribution in [3.8, 4) is 6.07 Å². The normalized spacial score (nSPS) is 13.5. The second-order valence-electron chi connectivity index (χ2n) is 2.53. The molecule has 1 atom stereocenters. The molecule has 0 amide bonds. The van der Waals surface area contributed by atoms with E-state index in [1.165, 1.54) is 13.0 Å². The summed E-state index contributed by atoms with van der Waals surface area (Å²) in [5.74, 6) is 0. The minimum absolute atomic E-state index is 0.0428. The Hall–Kier alpha value is -0.610. The monoisotopic (exact) mass is 250 g/mol. The van der Waals surface area contributed by atoms with Gasteiger partial charge in [-0.2, -0.15) is 9.98 Å². The molecule has 0 aliphatic carbocycles. The Morgan fingerprint density at radius 1 is 1.71 bits per heavy atom. The van der Waals surface area contributed by atoms with E-state index in [2.05, 4.69) is 4.72 Å². The number of hydrogen-bond donors (Lipinski definition) is 1. The number of rotatable bonds is 3. The number of sulfonamides is 1. The van der Waals surface area contributed by atoms with Crippen LogP contribution in [0.1, 0.15) is 6.92 Å². The molecular formula is C7H7ClN2O2S2. The Bertz CT molecular complexity index is 460. The highest BCUT2D eigenvalue weighted by atomic mass is 35.5. The second kappa shape index (κ2) is 4.28. The Morgan fingerprint density at radius 2 is 2.36 bits per heavy atom. The fourth-order valence-corrected chi connectivity index (χ4v) is 3.64. The summed E-state index contributed by atoms with van der Waals surface area (Å²) in [6.07, 6.45) is 0. The Morgan fingerprint density at radius 3 is 2.79 bits per heavy atom. The maximum Gasteiger partial charge on any atom is 0.252 e. The molecule has 0 radical (unpaired) electrons. The van der Waals surface area contributed by atoms with Gasteiger partial charge in [0, 0.05) is 0 Å². The number of nitriles is 1. The molecule has 0 aliphatic rings. The number of nitrogens with zero attached hydrogens (tertiary/aromatic N) is 1. The molecule has 76 valence electrons. The largest absolute Gasteiger partial charge is 0.252 e. The fraction of sp³-hybridized carbons (Fsp3) is 0.286. The summed E-state index contributed by atoms with van der Waals surface area (Å²) in [7, 11) is -3.64. The van der Waals surface area contributed by atoms with Crippen molar-refractivity contribution in [3.63, 3.8) is 0 Å². The lowest BCUT2D eigenvalue weighted by Gasteiger charge is -2.05. The lowest BCUT2D eigenvalue weighted by molar-refractivity contribution is 0.579. The molecular weight excluding hydrogens is 244 g/mol. The lowest BCUT2D eigenvalue weighted by atomic mass is 10.4. The third-order valence-electron chi connectivity index (χ3n) is 1.35. The van der Waals surface area contributed by atoms with Gasteiger partial charge in [-0.3, -0.25) is 0 Å². The number of halogens is 1. The van der Waals surface area contributed by atoms with E-state index in [1.54, 1.807) is 11.4 Å². The van der Waals surface area contributed by atoms with E-state index in [4.69, 9.17) is 16.9 Å². The molecule has 0 saturated heterocycles. The second-order valence-corrected chi connectivity index (χ2v) is 5.76. The van der Waals surface area contributed by atoms with Gasteiger partial charge >= 0.3 is 0 Å². The van der Waals surface area contributed by atoms with E-state index in [-0.39, 0.29) is 9.23 Å². The summed E-state index contributed by atoms with van der Waals surface area (Å²) in [4.78, 5) is 0. The first-order valence-corrected chi connectivity index (χ1v) is 6.36. The van der Waals surface area contributed by atoms with Gasteiger partial charge < -0.3 is 0 Å². The Kier molecular flexibility index (Phi) is 3.50. The van der Waals surface area contributed by atoms with E-state index in [0.717, 1.165) is 11.3 Å². The van der Waals surface area contributed by atoms with Crippen molar-refractivity contribution in [2.75, 3.05) is 0 Å². The zero-order chi connectivity index (χ0) is 10.8. The van der Waals surface area contributed by atoms with Crippen LogP contribution in [0.5, 0.6) is 0 Å². The predicted molar refractivity (Wildman–Crippen MR) is 54.7 cm³/mol. The van der Waals surface area contributed by atoms with Crippen LogP contribution in [0.3, 0.4) is 0 Å². The molecule has 7 heteroatoms. The maximum absolute atomic E-state index is 11.5. The standard InChI is InChI=1S/C7H7ClN2O2S2/c1-5(4-9)10-14(11,12)7-6(8)2-3-13-7/h2-3,5,10H,1H3/t5-/m0/s1. The van der Waals surface area contributed by atoms with Crippen LogP contribution < -0.4 is 4.72 Å². The van der Waals surface area contributed by atoms with Crippen LogP contribution in [0.4, 0.5) is 0 Å². The molecule has 1 heterocycles. The van der Waals surface area contributed by atoms with Crippen LogP contribution in [-0.2, 0) is 10.0 Å². The fourth-order valence-electron chi connectivity index (χ4n) is 0.784. The molecule has 0 fully saturated rings. The first kappa shape index (κ1) is 11.5. The van der Waals surface area contributed by atoms with E-state index in [1.807, 2.05) is 0 Å². The van der Waals surface area contributed by atoms with Gasteiger partial charge in [0.1, 0.15) is 6.04 Å². The SMILES string of the molecule is C[C@@H](C#N)NS(=O)(=O)c1sccc1Cl. The summed E-state index contributed by atoms with van der Waals surface area (Å²) in [6, 6.07) is 2.51. The van der Waals surface area contributed by atoms with Gasteiger partial charge in [-0.1, -0.05) is 11.6 Å². The smallest absolute Gasteiger partial charge is 0.206 e. The predicted octanol–water partition coefficient (Wildman–Crippen LogP) is 1.59. The van der Waals surface area contributed by atoms with E-state index >= 15 is 0 Å². The first-order chi connectivity index (χ1) is 6.47. The summed E-state index contributed by atoms with van der Waals surface area (Å²) < 4.78 is 25.3. The van der Waals surface area contributed by atoms with Gasteiger partial charge in [0.05, 0.1) is 11.1 Å². The van der Waals surface area contributed by atoms with Crippen molar-refractivity contribution in [3.05, 3.63) is 16.5 Å². The molecule has 0 spiro atoms. The zero-order valence-electron chi connectivity index (χ0n) is 7.19. The third-order valence-corrected chi connectivity index (χ3v) is 4.92. The molecule has 1 rings (SSSR count). The molecule has 0 aliphatic heterocycles. The van der Waals surface area contributed by atoms with Crippen LogP contribution in [0, 0.1) is 11.3 Å². The minimum atomic E-state index is -3.64. The minimum Gasteiger partial charge on any atom is -0.206 e. The molecule has 0 aromatic carbocycles. The highest BCUT2D eigenvalue weighted by Crippen LogP contribution is 2.26. The zero-order valence-corrected chi connectivity index (χ0v) is 9.58. The molecule has 1 aromatic heterocycles. The van der Waals surface area contributed by atoms with Crippen molar-refractivity contribution < 1.29 is 8.42 Å². The molecule has 1 N–H and O–H groups in total. The van der Waals surface area contributed by atoms with Gasteiger partial charge in [0.2, 0.25) is 0 Å². The van der Waals surface area contributed by atoms with Crippen LogP contribution in [0.2, 0.25) is 5.02 Å². The van der Waals surface area contributed by atoms with Crippen molar-refractivity contribution in [1.82, 2.24) is 4.72 Å². The van der Waals surface area contributed by atoms with E-state index in [0.29, 0.717) is 0 Å². The van der Waals surface area contributed by atoms with Gasteiger partial charge in [0.25, 0.3) is 10.0 Å². The molecule has 1 aromatic rings. The lowest BCUT2D eigenvalue weighted by Crippen LogP contribution is -2.30. The number of hydrogen-bond acceptors (Lipinski definition) is 4. The van der Waals surface area contributed by atoms with E-state index in [9.17, 15) is 8.42 Å². The average Bonchev–Trinajstić information content (AvgIpc) is 2.51. The first-order valence-electron chi connectivity index (χ1n) is 3.62. The third kappa shape index (κ3) is 2.45. The van der Waals surface area contributed by atoms with Crippen molar-refractivity contribution in [1.29, 1.82) is 5.26 Å². The van der Waals surface area contributed by atoms with Crippen molar-refractivity contribution in [2.24, 2.45) is 0 Å². The van der Waals surface area contributed by atoms with E-state index < -0.39 is 16.1 Å². The van der Waals surface area contributed by atoms with Gasteiger partial charge in [-0.15, -0.1) is 11.3 Å². The quantitative estimate of drug-likeness (QED) is 0.886. The van der Waals surface area contributed by atoms with Crippen LogP contribution in [0.25, 0.3) is 0 Å². The summed E-state index contributed by atoms with van der Waals surface area (Å²) in [5, 5.41) is 10.2. The maximum atomic E-state index is 11.5. The highest BCUT2D eigenvalue weighted by Gasteiger charge is 2.21. The van der Waals surface area contributed by atoms with Gasteiger partial charge in [0.15, 0.2) is 4.21 Å². The molecule has 0 saturated carbocycles. The Labute approximate surface area is 91.2 Å². The summed E-state index contributed by atoms with van der Waals surface area (Å²) >= 11 is 6.68. The number of thiophene rings is 1. The molecule has 0 bridgehead atoms. The Balaban J connectivity index is 3.00. The van der Waals surface area contributed by atoms with Crippen molar-refractivity contribution in [2.45, 2.75) is 17.2 Å². The summed E-state index contributed by atoms with van der Waals surface area (Å²) in [5.41, 5.74) is 0. The summed E-state index contributed by atoms with van der Waals surface area (Å²) in [6.45, 7) is 1.46. The van der Waals surface area contributed by atoms with Gasteiger partial charge in [-0.25, -0.2) is 8.42 Å². The molecule has 4 nitrogen and oxygen atoms in total. The molecule has 14 heavy (non-hydrogen) atoms. The van der Waals surface area contributed by atoms with Crippen LogP contribution in [-0.4, -0.2) is 14.5 Å². The number of nitrogens with one attached hydrogen (secondary N) is 1. The van der Waals surface area contributed by atoms with Crippen LogP contribution in [0.15, 0.2) is 15.7 Å². The average molecular weight is 251 g/mol. The van der Waals surface area contributed by atoms with Crippen LogP contribution >= 0.6 is 22.9 Å². The topological polar surface area (TPSA) is 70.0 Å². The highest BCUT2D eigenvalue weighted by molar-refractivity contribution is 7.91. The molecule has 0 unspecified atom stereocenters. The van der Waals surface area contributed by atoms with Crippen molar-refractivity contribution >= 4 is 33.0 Å². The van der Waals surface area contributed by atoms with Gasteiger partial charge in [-0.05, 0) is 18.4 Å².